The molecule has 1 aromatic heterocycles. The van der Waals surface area contributed by atoms with Gasteiger partial charge in [-0.15, -0.1) is 0 Å². The first-order valence-corrected chi connectivity index (χ1v) is 6.44. The van der Waals surface area contributed by atoms with Gasteiger partial charge in [-0.25, -0.2) is 14.8 Å². The van der Waals surface area contributed by atoms with Crippen LogP contribution in [0.3, 0.4) is 0 Å². The van der Waals surface area contributed by atoms with E-state index in [-0.39, 0.29) is 5.69 Å². The molecule has 0 amide bonds. The van der Waals surface area contributed by atoms with Crippen LogP contribution in [0.2, 0.25) is 0 Å². The minimum Gasteiger partial charge on any atom is -0.477 e. The summed E-state index contributed by atoms with van der Waals surface area (Å²) in [5, 5.41) is 9.12. The molecule has 1 aromatic rings. The van der Waals surface area contributed by atoms with Crippen molar-refractivity contribution in [2.45, 2.75) is 37.5 Å². The Kier molecular flexibility index (Phi) is 2.99. The van der Waals surface area contributed by atoms with E-state index in [0.717, 1.165) is 50.4 Å². The van der Waals surface area contributed by atoms with Gasteiger partial charge in [-0.3, -0.25) is 0 Å². The summed E-state index contributed by atoms with van der Waals surface area (Å²) >= 11 is 0. The molecule has 1 aliphatic carbocycles. The Labute approximate surface area is 105 Å². The zero-order chi connectivity index (χ0) is 12.5. The van der Waals surface area contributed by atoms with Crippen LogP contribution < -0.4 is 0 Å². The lowest BCUT2D eigenvalue weighted by molar-refractivity contribution is 0.0689. The van der Waals surface area contributed by atoms with Gasteiger partial charge >= 0.3 is 5.97 Å². The minimum absolute atomic E-state index is 0.133. The molecule has 5 nitrogen and oxygen atoms in total. The standard InChI is InChI=1S/C13H16N2O3/c16-13(17)11-7-10(8-3-5-18-6-4-8)14-12(15-11)9-1-2-9/h7-9H,1-6H2,(H,16,17). The first-order chi connectivity index (χ1) is 8.74. The highest BCUT2D eigenvalue weighted by Gasteiger charge is 2.29. The van der Waals surface area contributed by atoms with E-state index in [2.05, 4.69) is 9.97 Å². The van der Waals surface area contributed by atoms with E-state index in [0.29, 0.717) is 11.8 Å². The van der Waals surface area contributed by atoms with Gasteiger partial charge in [-0.1, -0.05) is 0 Å². The maximum atomic E-state index is 11.1. The fourth-order valence-electron chi connectivity index (χ4n) is 2.32. The molecule has 1 saturated carbocycles. The number of aromatic nitrogens is 2. The van der Waals surface area contributed by atoms with Crippen molar-refractivity contribution in [1.29, 1.82) is 0 Å². The lowest BCUT2D eigenvalue weighted by atomic mass is 9.95. The van der Waals surface area contributed by atoms with Crippen molar-refractivity contribution in [3.8, 4) is 0 Å². The zero-order valence-corrected chi connectivity index (χ0v) is 10.1. The third-order valence-corrected chi connectivity index (χ3v) is 3.56. The Balaban J connectivity index is 1.93. The highest BCUT2D eigenvalue weighted by molar-refractivity contribution is 5.85. The van der Waals surface area contributed by atoms with E-state index in [1.54, 1.807) is 6.07 Å². The van der Waals surface area contributed by atoms with Crippen LogP contribution in [0.5, 0.6) is 0 Å². The second-order valence-electron chi connectivity index (χ2n) is 5.00. The highest BCUT2D eigenvalue weighted by Crippen LogP contribution is 2.39. The topological polar surface area (TPSA) is 72.3 Å². The summed E-state index contributed by atoms with van der Waals surface area (Å²) in [5.41, 5.74) is 1.01. The number of ether oxygens (including phenoxy) is 1. The molecular formula is C13H16N2O3. The van der Waals surface area contributed by atoms with Gasteiger partial charge in [0.05, 0.1) is 0 Å². The SMILES string of the molecule is O=C(O)c1cc(C2CCOCC2)nc(C2CC2)n1. The predicted octanol–water partition coefficient (Wildman–Crippen LogP) is 1.95. The molecule has 1 aliphatic heterocycles. The average molecular weight is 248 g/mol. The van der Waals surface area contributed by atoms with E-state index >= 15 is 0 Å². The summed E-state index contributed by atoms with van der Waals surface area (Å²) in [6, 6.07) is 1.63. The van der Waals surface area contributed by atoms with Crippen molar-refractivity contribution < 1.29 is 14.6 Å². The summed E-state index contributed by atoms with van der Waals surface area (Å²) in [6.45, 7) is 1.46. The van der Waals surface area contributed by atoms with Crippen LogP contribution in [0.25, 0.3) is 0 Å². The zero-order valence-electron chi connectivity index (χ0n) is 10.1. The van der Waals surface area contributed by atoms with Crippen LogP contribution in [-0.4, -0.2) is 34.3 Å². The molecule has 96 valence electrons. The van der Waals surface area contributed by atoms with Crippen LogP contribution in [0.4, 0.5) is 0 Å². The number of hydrogen-bond donors (Lipinski definition) is 1. The summed E-state index contributed by atoms with van der Waals surface area (Å²) in [5.74, 6) is 0.448. The van der Waals surface area contributed by atoms with Crippen LogP contribution >= 0.6 is 0 Å². The van der Waals surface area contributed by atoms with Gasteiger partial charge in [0.15, 0.2) is 5.69 Å². The number of hydrogen-bond acceptors (Lipinski definition) is 4. The van der Waals surface area contributed by atoms with Crippen molar-refractivity contribution in [2.24, 2.45) is 0 Å². The first kappa shape index (κ1) is 11.6. The van der Waals surface area contributed by atoms with Crippen molar-refractivity contribution in [1.82, 2.24) is 9.97 Å². The number of carboxylic acids is 1. The Morgan fingerprint density at radius 3 is 2.50 bits per heavy atom. The summed E-state index contributed by atoms with van der Waals surface area (Å²) < 4.78 is 5.33. The van der Waals surface area contributed by atoms with Crippen LogP contribution in [-0.2, 0) is 4.74 Å². The maximum Gasteiger partial charge on any atom is 0.354 e. The summed E-state index contributed by atoms with van der Waals surface area (Å²) in [6.07, 6.45) is 3.99. The molecule has 3 rings (SSSR count). The molecular weight excluding hydrogens is 232 g/mol. The fourth-order valence-corrected chi connectivity index (χ4v) is 2.32. The molecule has 0 aromatic carbocycles. The van der Waals surface area contributed by atoms with E-state index in [9.17, 15) is 4.79 Å². The van der Waals surface area contributed by atoms with Crippen molar-refractivity contribution >= 4 is 5.97 Å². The molecule has 1 N–H and O–H groups in total. The Bertz CT molecular complexity index is 465. The van der Waals surface area contributed by atoms with Gasteiger partial charge in [0.1, 0.15) is 5.82 Å². The van der Waals surface area contributed by atoms with Gasteiger partial charge < -0.3 is 9.84 Å². The van der Waals surface area contributed by atoms with Gasteiger partial charge in [0, 0.05) is 30.7 Å². The molecule has 0 unspecified atom stereocenters. The van der Waals surface area contributed by atoms with Crippen LogP contribution in [0.1, 0.15) is 59.5 Å². The number of rotatable bonds is 3. The number of aromatic carboxylic acids is 1. The molecule has 0 atom stereocenters. The third kappa shape index (κ3) is 2.36. The van der Waals surface area contributed by atoms with Gasteiger partial charge in [0.2, 0.25) is 0 Å². The lowest BCUT2D eigenvalue weighted by Crippen LogP contribution is -2.17. The average Bonchev–Trinajstić information content (AvgIpc) is 3.23. The fraction of sp³-hybridized carbons (Fsp3) is 0.615. The van der Waals surface area contributed by atoms with Crippen molar-refractivity contribution in [2.75, 3.05) is 13.2 Å². The van der Waals surface area contributed by atoms with Gasteiger partial charge in [-0.05, 0) is 31.7 Å². The largest absolute Gasteiger partial charge is 0.477 e. The second-order valence-corrected chi connectivity index (χ2v) is 5.00. The van der Waals surface area contributed by atoms with Crippen LogP contribution in [0.15, 0.2) is 6.07 Å². The van der Waals surface area contributed by atoms with Crippen LogP contribution in [0, 0.1) is 0 Å². The molecule has 0 radical (unpaired) electrons. The quantitative estimate of drug-likeness (QED) is 0.885. The number of carboxylic acid groups (broad SMARTS) is 1. The molecule has 2 heterocycles. The predicted molar refractivity (Wildman–Crippen MR) is 63.8 cm³/mol. The molecule has 0 bridgehead atoms. The smallest absolute Gasteiger partial charge is 0.354 e. The van der Waals surface area contributed by atoms with Crippen molar-refractivity contribution in [3.05, 3.63) is 23.3 Å². The van der Waals surface area contributed by atoms with Crippen molar-refractivity contribution in [3.63, 3.8) is 0 Å². The van der Waals surface area contributed by atoms with E-state index < -0.39 is 5.97 Å². The maximum absolute atomic E-state index is 11.1. The third-order valence-electron chi connectivity index (χ3n) is 3.56. The summed E-state index contributed by atoms with van der Waals surface area (Å²) in [7, 11) is 0. The van der Waals surface area contributed by atoms with E-state index in [1.807, 2.05) is 0 Å². The molecule has 1 saturated heterocycles. The van der Waals surface area contributed by atoms with E-state index in [1.165, 1.54) is 0 Å². The molecule has 2 aliphatic rings. The minimum atomic E-state index is -0.965. The Morgan fingerprint density at radius 1 is 1.17 bits per heavy atom. The van der Waals surface area contributed by atoms with Gasteiger partial charge in [0.25, 0.3) is 0 Å². The molecule has 2 fully saturated rings. The second kappa shape index (κ2) is 4.65. The molecule has 0 spiro atoms. The Hall–Kier alpha value is -1.49. The first-order valence-electron chi connectivity index (χ1n) is 6.44. The lowest BCUT2D eigenvalue weighted by Gasteiger charge is -2.22. The van der Waals surface area contributed by atoms with E-state index in [4.69, 9.17) is 9.84 Å². The number of nitrogens with zero attached hydrogens (tertiary/aromatic N) is 2. The Morgan fingerprint density at radius 2 is 1.89 bits per heavy atom. The monoisotopic (exact) mass is 248 g/mol. The molecule has 18 heavy (non-hydrogen) atoms. The number of carbonyl (C=O) groups is 1. The van der Waals surface area contributed by atoms with Gasteiger partial charge in [-0.2, -0.15) is 0 Å². The normalized spacial score (nSPS) is 20.9. The summed E-state index contributed by atoms with van der Waals surface area (Å²) in [4.78, 5) is 19.8. The molecule has 5 heteroatoms. The highest BCUT2D eigenvalue weighted by atomic mass is 16.5.